The Morgan fingerprint density at radius 2 is 1.97 bits per heavy atom. The fraction of sp³-hybridized carbons (Fsp3) is 0.444. The normalized spacial score (nSPS) is 16.4. The van der Waals surface area contributed by atoms with Crippen LogP contribution in [0.3, 0.4) is 0 Å². The quantitative estimate of drug-likeness (QED) is 0.356. The molecule has 1 aromatic heterocycles. The van der Waals surface area contributed by atoms with Crippen molar-refractivity contribution in [2.24, 2.45) is 0 Å². The Hall–Kier alpha value is -3.27. The second-order valence-electron chi connectivity index (χ2n) is 9.42. The molecule has 1 aliphatic heterocycles. The third kappa shape index (κ3) is 6.18. The second kappa shape index (κ2) is 11.4. The van der Waals surface area contributed by atoms with E-state index in [2.05, 4.69) is 15.2 Å². The maximum absolute atomic E-state index is 14.9. The van der Waals surface area contributed by atoms with Crippen molar-refractivity contribution in [1.29, 1.82) is 0 Å². The van der Waals surface area contributed by atoms with Crippen molar-refractivity contribution in [2.45, 2.75) is 55.6 Å². The number of aliphatic carboxylic acids is 1. The first-order chi connectivity index (χ1) is 18.0. The van der Waals surface area contributed by atoms with Crippen LogP contribution in [0.2, 0.25) is 0 Å². The predicted molar refractivity (Wildman–Crippen MR) is 140 cm³/mol. The number of carboxylic acid groups (broad SMARTS) is 1. The van der Waals surface area contributed by atoms with E-state index in [0.717, 1.165) is 56.6 Å². The highest BCUT2D eigenvalue weighted by molar-refractivity contribution is 8.00. The number of anilines is 1. The highest BCUT2D eigenvalue weighted by Crippen LogP contribution is 2.45. The molecule has 1 N–H and O–H groups in total. The van der Waals surface area contributed by atoms with Gasteiger partial charge in [0.15, 0.2) is 5.82 Å². The number of rotatable bonds is 11. The van der Waals surface area contributed by atoms with Crippen LogP contribution in [0.25, 0.3) is 5.69 Å². The number of benzene rings is 2. The van der Waals surface area contributed by atoms with Crippen LogP contribution in [0.1, 0.15) is 55.0 Å². The minimum atomic E-state index is -0.808. The Kier molecular flexibility index (Phi) is 7.83. The average molecular weight is 527 g/mol. The van der Waals surface area contributed by atoms with Gasteiger partial charge in [-0.25, -0.2) is 4.39 Å². The Morgan fingerprint density at radius 1 is 1.16 bits per heavy atom. The van der Waals surface area contributed by atoms with Gasteiger partial charge in [-0.2, -0.15) is 4.68 Å². The number of aromatic nitrogens is 3. The molecule has 2 fully saturated rings. The van der Waals surface area contributed by atoms with Gasteiger partial charge in [0.1, 0.15) is 35.3 Å². The van der Waals surface area contributed by atoms with Crippen LogP contribution in [0.15, 0.2) is 42.5 Å². The topological polar surface area (TPSA) is 89.7 Å². The van der Waals surface area contributed by atoms with E-state index in [9.17, 15) is 14.3 Å². The van der Waals surface area contributed by atoms with Crippen molar-refractivity contribution >= 4 is 23.5 Å². The lowest BCUT2D eigenvalue weighted by Gasteiger charge is -2.29. The SMILES string of the molecule is COc1ccc(F)c(-n2nnc(COc3cccc(C(CC(=O)O)SC4CC4)c3)c2N2CCCCC2)c1. The molecular weight excluding hydrogens is 495 g/mol. The number of ether oxygens (including phenoxy) is 2. The lowest BCUT2D eigenvalue weighted by atomic mass is 10.1. The summed E-state index contributed by atoms with van der Waals surface area (Å²) < 4.78 is 27.9. The first kappa shape index (κ1) is 25.4. The van der Waals surface area contributed by atoms with Crippen LogP contribution < -0.4 is 14.4 Å². The van der Waals surface area contributed by atoms with Crippen molar-refractivity contribution in [3.8, 4) is 17.2 Å². The maximum Gasteiger partial charge on any atom is 0.304 e. The molecule has 1 aliphatic carbocycles. The number of hydrogen-bond donors (Lipinski definition) is 1. The zero-order valence-corrected chi connectivity index (χ0v) is 21.6. The van der Waals surface area contributed by atoms with Gasteiger partial charge in [0, 0.05) is 29.7 Å². The molecule has 8 nitrogen and oxygen atoms in total. The largest absolute Gasteiger partial charge is 0.497 e. The van der Waals surface area contributed by atoms with Crippen molar-refractivity contribution in [2.75, 3.05) is 25.1 Å². The Morgan fingerprint density at radius 3 is 2.70 bits per heavy atom. The molecule has 0 spiro atoms. The number of carbonyl (C=O) groups is 1. The molecule has 0 amide bonds. The molecule has 0 bridgehead atoms. The second-order valence-corrected chi connectivity index (χ2v) is 10.9. The Labute approximate surface area is 219 Å². The maximum atomic E-state index is 14.9. The van der Waals surface area contributed by atoms with Gasteiger partial charge >= 0.3 is 5.97 Å². The summed E-state index contributed by atoms with van der Waals surface area (Å²) >= 11 is 1.73. The van der Waals surface area contributed by atoms with Gasteiger partial charge in [-0.05, 0) is 61.9 Å². The highest BCUT2D eigenvalue weighted by Gasteiger charge is 2.29. The van der Waals surface area contributed by atoms with E-state index in [-0.39, 0.29) is 24.0 Å². The number of nitrogens with zero attached hydrogens (tertiary/aromatic N) is 4. The monoisotopic (exact) mass is 526 g/mol. The molecule has 0 radical (unpaired) electrons. The van der Waals surface area contributed by atoms with Gasteiger partial charge in [-0.15, -0.1) is 16.9 Å². The van der Waals surface area contributed by atoms with Gasteiger partial charge in [0.25, 0.3) is 0 Å². The van der Waals surface area contributed by atoms with Gasteiger partial charge < -0.3 is 19.5 Å². The minimum Gasteiger partial charge on any atom is -0.497 e. The van der Waals surface area contributed by atoms with Gasteiger partial charge in [0.2, 0.25) is 0 Å². The Balaban J connectivity index is 1.40. The number of piperidine rings is 1. The third-order valence-corrected chi connectivity index (χ3v) is 8.22. The minimum absolute atomic E-state index is 0.0736. The van der Waals surface area contributed by atoms with Crippen LogP contribution in [0.5, 0.6) is 11.5 Å². The van der Waals surface area contributed by atoms with Crippen LogP contribution in [-0.2, 0) is 11.4 Å². The van der Waals surface area contributed by atoms with Gasteiger partial charge in [-0.3, -0.25) is 4.79 Å². The fourth-order valence-electron chi connectivity index (χ4n) is 4.56. The van der Waals surface area contributed by atoms with E-state index < -0.39 is 11.8 Å². The molecule has 2 aliphatic rings. The molecule has 1 atom stereocenters. The molecule has 2 aromatic carbocycles. The summed E-state index contributed by atoms with van der Waals surface area (Å²) in [4.78, 5) is 13.6. The van der Waals surface area contributed by atoms with E-state index in [0.29, 0.717) is 22.4 Å². The zero-order chi connectivity index (χ0) is 25.8. The summed E-state index contributed by atoms with van der Waals surface area (Å²) in [5.74, 6) is 0.664. The summed E-state index contributed by atoms with van der Waals surface area (Å²) in [5, 5.41) is 18.5. The molecule has 1 unspecified atom stereocenters. The number of halogens is 1. The van der Waals surface area contributed by atoms with Crippen LogP contribution in [0.4, 0.5) is 10.2 Å². The molecule has 2 heterocycles. The van der Waals surface area contributed by atoms with E-state index >= 15 is 0 Å². The van der Waals surface area contributed by atoms with Crippen LogP contribution >= 0.6 is 11.8 Å². The van der Waals surface area contributed by atoms with Gasteiger partial charge in [-0.1, -0.05) is 17.3 Å². The Bertz CT molecular complexity index is 1240. The summed E-state index contributed by atoms with van der Waals surface area (Å²) in [7, 11) is 1.54. The predicted octanol–water partition coefficient (Wildman–Crippen LogP) is 5.40. The summed E-state index contributed by atoms with van der Waals surface area (Å²) in [6.07, 6.45) is 5.58. The molecule has 5 rings (SSSR count). The first-order valence-electron chi connectivity index (χ1n) is 12.7. The van der Waals surface area contributed by atoms with Crippen molar-refractivity contribution in [3.05, 3.63) is 59.5 Å². The van der Waals surface area contributed by atoms with Crippen molar-refractivity contribution in [3.63, 3.8) is 0 Å². The molecule has 196 valence electrons. The van der Waals surface area contributed by atoms with Crippen molar-refractivity contribution < 1.29 is 23.8 Å². The van der Waals surface area contributed by atoms with Gasteiger partial charge in [0.05, 0.1) is 13.5 Å². The molecule has 1 saturated heterocycles. The van der Waals surface area contributed by atoms with Crippen molar-refractivity contribution in [1.82, 2.24) is 15.0 Å². The third-order valence-electron chi connectivity index (χ3n) is 6.60. The smallest absolute Gasteiger partial charge is 0.304 e. The average Bonchev–Trinajstić information content (AvgIpc) is 3.63. The van der Waals surface area contributed by atoms with E-state index in [1.165, 1.54) is 10.7 Å². The number of thioether (sulfide) groups is 1. The lowest BCUT2D eigenvalue weighted by Crippen LogP contribution is -2.32. The molecular formula is C27H31FN4O4S. The summed E-state index contributed by atoms with van der Waals surface area (Å²) in [6.45, 7) is 1.81. The number of carboxylic acids is 1. The van der Waals surface area contributed by atoms with E-state index in [4.69, 9.17) is 9.47 Å². The first-order valence-corrected chi connectivity index (χ1v) is 13.6. The standard InChI is InChI=1S/C27H31FN4O4S/c1-35-19-8-11-22(28)24(15-19)32-27(31-12-3-2-4-13-31)23(29-30-32)17-36-20-7-5-6-18(14-20)25(16-26(33)34)37-21-9-10-21/h5-8,11,14-15,21,25H,2-4,9-10,12-13,16-17H2,1H3,(H,33,34). The molecule has 10 heteroatoms. The number of methoxy groups -OCH3 is 1. The molecule has 3 aromatic rings. The zero-order valence-electron chi connectivity index (χ0n) is 20.8. The highest BCUT2D eigenvalue weighted by atomic mass is 32.2. The lowest BCUT2D eigenvalue weighted by molar-refractivity contribution is -0.137. The fourth-order valence-corrected chi connectivity index (χ4v) is 5.98. The van der Waals surface area contributed by atoms with E-state index in [1.54, 1.807) is 31.0 Å². The summed E-state index contributed by atoms with van der Waals surface area (Å²) in [5.41, 5.74) is 1.83. The van der Waals surface area contributed by atoms with Crippen LogP contribution in [0, 0.1) is 5.82 Å². The number of hydrogen-bond acceptors (Lipinski definition) is 7. The molecule has 1 saturated carbocycles. The molecule has 37 heavy (non-hydrogen) atoms. The summed E-state index contributed by atoms with van der Waals surface area (Å²) in [6, 6.07) is 12.2. The van der Waals surface area contributed by atoms with Crippen LogP contribution in [-0.4, -0.2) is 51.5 Å². The van der Waals surface area contributed by atoms with E-state index in [1.807, 2.05) is 24.3 Å².